The second kappa shape index (κ2) is 7.52. The van der Waals surface area contributed by atoms with E-state index in [1.54, 1.807) is 7.11 Å². The lowest BCUT2D eigenvalue weighted by atomic mass is 9.84. The second-order valence-corrected chi connectivity index (χ2v) is 6.67. The van der Waals surface area contributed by atoms with Gasteiger partial charge in [-0.25, -0.2) is 0 Å². The van der Waals surface area contributed by atoms with Crippen molar-refractivity contribution in [2.45, 2.75) is 51.0 Å². The molecule has 1 aliphatic rings. The van der Waals surface area contributed by atoms with E-state index in [9.17, 15) is 0 Å². The summed E-state index contributed by atoms with van der Waals surface area (Å²) in [6.07, 6.45) is 5.15. The second-order valence-electron chi connectivity index (χ2n) is 6.67. The zero-order valence-corrected chi connectivity index (χ0v) is 14.3. The van der Waals surface area contributed by atoms with Gasteiger partial charge in [-0.15, -0.1) is 0 Å². The fourth-order valence-corrected chi connectivity index (χ4v) is 2.91. The number of nitrogens with one attached hydrogen (secondary N) is 2. The van der Waals surface area contributed by atoms with E-state index in [2.05, 4.69) is 41.6 Å². The van der Waals surface area contributed by atoms with Crippen molar-refractivity contribution in [2.75, 3.05) is 20.7 Å². The number of aliphatic imine (C=N–C) groups is 1. The summed E-state index contributed by atoms with van der Waals surface area (Å²) in [5.41, 5.74) is 1.26. The largest absolute Gasteiger partial charge is 0.497 e. The van der Waals surface area contributed by atoms with Crippen molar-refractivity contribution in [3.8, 4) is 5.75 Å². The van der Waals surface area contributed by atoms with E-state index < -0.39 is 0 Å². The molecule has 122 valence electrons. The van der Waals surface area contributed by atoms with Crippen molar-refractivity contribution in [3.63, 3.8) is 0 Å². The number of nitrogens with zero attached hydrogens (tertiary/aromatic N) is 1. The summed E-state index contributed by atoms with van der Waals surface area (Å²) in [6, 6.07) is 8.85. The molecule has 0 aromatic heterocycles. The maximum Gasteiger partial charge on any atom is 0.191 e. The SMILES string of the molecule is CN=C(NCC(C)(C)c1cccc(OC)c1)NC1CCCC1. The van der Waals surface area contributed by atoms with Crippen LogP contribution in [0.1, 0.15) is 45.1 Å². The maximum absolute atomic E-state index is 5.33. The monoisotopic (exact) mass is 303 g/mol. The number of ether oxygens (including phenoxy) is 1. The van der Waals surface area contributed by atoms with Gasteiger partial charge in [-0.05, 0) is 30.5 Å². The first kappa shape index (κ1) is 16.7. The van der Waals surface area contributed by atoms with Crippen molar-refractivity contribution in [1.29, 1.82) is 0 Å². The van der Waals surface area contributed by atoms with Crippen LogP contribution in [0.5, 0.6) is 5.75 Å². The van der Waals surface area contributed by atoms with E-state index >= 15 is 0 Å². The van der Waals surface area contributed by atoms with Crippen LogP contribution in [0.25, 0.3) is 0 Å². The van der Waals surface area contributed by atoms with Gasteiger partial charge in [-0.2, -0.15) is 0 Å². The Labute approximate surface area is 134 Å². The molecule has 22 heavy (non-hydrogen) atoms. The lowest BCUT2D eigenvalue weighted by Crippen LogP contribution is -2.46. The van der Waals surface area contributed by atoms with E-state index in [0.717, 1.165) is 18.3 Å². The molecule has 0 heterocycles. The van der Waals surface area contributed by atoms with Crippen molar-refractivity contribution in [1.82, 2.24) is 10.6 Å². The van der Waals surface area contributed by atoms with Crippen molar-refractivity contribution >= 4 is 5.96 Å². The fourth-order valence-electron chi connectivity index (χ4n) is 2.91. The molecule has 0 amide bonds. The van der Waals surface area contributed by atoms with Crippen LogP contribution >= 0.6 is 0 Å². The van der Waals surface area contributed by atoms with E-state index in [1.165, 1.54) is 31.2 Å². The molecule has 1 aromatic rings. The summed E-state index contributed by atoms with van der Waals surface area (Å²) in [7, 11) is 3.54. The quantitative estimate of drug-likeness (QED) is 0.649. The van der Waals surface area contributed by atoms with E-state index in [1.807, 2.05) is 19.2 Å². The molecule has 1 aliphatic carbocycles. The highest BCUT2D eigenvalue weighted by Gasteiger charge is 2.22. The Morgan fingerprint density at radius 3 is 2.68 bits per heavy atom. The van der Waals surface area contributed by atoms with E-state index in [4.69, 9.17) is 4.74 Å². The van der Waals surface area contributed by atoms with Gasteiger partial charge in [0.05, 0.1) is 7.11 Å². The van der Waals surface area contributed by atoms with Gasteiger partial charge in [-0.1, -0.05) is 38.8 Å². The lowest BCUT2D eigenvalue weighted by Gasteiger charge is -2.28. The molecular formula is C18H29N3O. The highest BCUT2D eigenvalue weighted by atomic mass is 16.5. The predicted molar refractivity (Wildman–Crippen MR) is 92.8 cm³/mol. The Morgan fingerprint density at radius 2 is 2.05 bits per heavy atom. The smallest absolute Gasteiger partial charge is 0.191 e. The number of methoxy groups -OCH3 is 1. The third-order valence-corrected chi connectivity index (χ3v) is 4.47. The normalized spacial score (nSPS) is 16.6. The Hall–Kier alpha value is -1.71. The van der Waals surface area contributed by atoms with Gasteiger partial charge in [0, 0.05) is 25.0 Å². The first-order valence-electron chi connectivity index (χ1n) is 8.17. The Morgan fingerprint density at radius 1 is 1.32 bits per heavy atom. The average Bonchev–Trinajstić information content (AvgIpc) is 3.04. The molecule has 4 nitrogen and oxygen atoms in total. The molecule has 2 N–H and O–H groups in total. The van der Waals surface area contributed by atoms with Crippen molar-refractivity contribution < 1.29 is 4.74 Å². The summed E-state index contributed by atoms with van der Waals surface area (Å²) in [5, 5.41) is 7.00. The first-order chi connectivity index (χ1) is 10.5. The Balaban J connectivity index is 1.95. The maximum atomic E-state index is 5.33. The molecule has 0 saturated heterocycles. The minimum absolute atomic E-state index is 0.00182. The lowest BCUT2D eigenvalue weighted by molar-refractivity contribution is 0.411. The van der Waals surface area contributed by atoms with Gasteiger partial charge < -0.3 is 15.4 Å². The highest BCUT2D eigenvalue weighted by Crippen LogP contribution is 2.25. The molecule has 0 atom stereocenters. The molecule has 0 bridgehead atoms. The van der Waals surface area contributed by atoms with E-state index in [0.29, 0.717) is 6.04 Å². The van der Waals surface area contributed by atoms with Crippen LogP contribution < -0.4 is 15.4 Å². The van der Waals surface area contributed by atoms with Gasteiger partial charge in [0.25, 0.3) is 0 Å². The van der Waals surface area contributed by atoms with Crippen LogP contribution in [0.15, 0.2) is 29.3 Å². The summed E-state index contributed by atoms with van der Waals surface area (Å²) < 4.78 is 5.33. The number of guanidine groups is 1. The standard InChI is InChI=1S/C18H29N3O/c1-18(2,14-8-7-11-16(12-14)22-4)13-20-17(19-3)21-15-9-5-6-10-15/h7-8,11-12,15H,5-6,9-10,13H2,1-4H3,(H2,19,20,21). The Bertz CT molecular complexity index is 505. The molecule has 1 saturated carbocycles. The zero-order valence-electron chi connectivity index (χ0n) is 14.3. The van der Waals surface area contributed by atoms with Crippen molar-refractivity contribution in [3.05, 3.63) is 29.8 Å². The molecule has 2 rings (SSSR count). The highest BCUT2D eigenvalue weighted by molar-refractivity contribution is 5.80. The minimum atomic E-state index is 0.00182. The summed E-state index contributed by atoms with van der Waals surface area (Å²) in [6.45, 7) is 5.29. The Kier molecular flexibility index (Phi) is 5.69. The molecule has 1 fully saturated rings. The minimum Gasteiger partial charge on any atom is -0.497 e. The first-order valence-corrected chi connectivity index (χ1v) is 8.17. The molecule has 0 unspecified atom stereocenters. The number of rotatable bonds is 5. The number of benzene rings is 1. The topological polar surface area (TPSA) is 45.7 Å². The van der Waals surface area contributed by atoms with Gasteiger partial charge in [0.15, 0.2) is 5.96 Å². The third-order valence-electron chi connectivity index (χ3n) is 4.47. The third kappa shape index (κ3) is 4.39. The molecule has 4 heteroatoms. The van der Waals surface area contributed by atoms with E-state index in [-0.39, 0.29) is 5.41 Å². The number of hydrogen-bond donors (Lipinski definition) is 2. The van der Waals surface area contributed by atoms with Crippen LogP contribution in [0.3, 0.4) is 0 Å². The number of hydrogen-bond acceptors (Lipinski definition) is 2. The van der Waals surface area contributed by atoms with Crippen molar-refractivity contribution in [2.24, 2.45) is 4.99 Å². The zero-order chi connectivity index (χ0) is 16.0. The fraction of sp³-hybridized carbons (Fsp3) is 0.611. The van der Waals surface area contributed by atoms with Crippen LogP contribution in [0.4, 0.5) is 0 Å². The van der Waals surface area contributed by atoms with Crippen LogP contribution in [0.2, 0.25) is 0 Å². The molecule has 0 radical (unpaired) electrons. The van der Waals surface area contributed by atoms with Gasteiger partial charge in [0.2, 0.25) is 0 Å². The predicted octanol–water partition coefficient (Wildman–Crippen LogP) is 3.08. The van der Waals surface area contributed by atoms with Crippen LogP contribution in [-0.2, 0) is 5.41 Å². The summed E-state index contributed by atoms with van der Waals surface area (Å²) in [5.74, 6) is 1.81. The van der Waals surface area contributed by atoms with Crippen LogP contribution in [0, 0.1) is 0 Å². The van der Waals surface area contributed by atoms with Gasteiger partial charge in [0.1, 0.15) is 5.75 Å². The molecule has 1 aromatic carbocycles. The summed E-state index contributed by atoms with van der Waals surface area (Å²) >= 11 is 0. The van der Waals surface area contributed by atoms with Gasteiger partial charge in [-0.3, -0.25) is 4.99 Å². The molecule has 0 aliphatic heterocycles. The summed E-state index contributed by atoms with van der Waals surface area (Å²) in [4.78, 5) is 4.35. The van der Waals surface area contributed by atoms with Gasteiger partial charge >= 0.3 is 0 Å². The van der Waals surface area contributed by atoms with Crippen LogP contribution in [-0.4, -0.2) is 32.7 Å². The molecular weight excluding hydrogens is 274 g/mol. The average molecular weight is 303 g/mol. The molecule has 0 spiro atoms.